The van der Waals surface area contributed by atoms with Gasteiger partial charge in [-0.2, -0.15) is 4.98 Å². The third-order valence-electron chi connectivity index (χ3n) is 4.83. The fourth-order valence-corrected chi connectivity index (χ4v) is 3.12. The van der Waals surface area contributed by atoms with Crippen LogP contribution in [-0.4, -0.2) is 40.7 Å². The summed E-state index contributed by atoms with van der Waals surface area (Å²) in [4.78, 5) is 19.1. The molecule has 1 aromatic heterocycles. The zero-order valence-corrected chi connectivity index (χ0v) is 14.9. The molecule has 6 heteroatoms. The molecule has 1 unspecified atom stereocenters. The first-order valence-electron chi connectivity index (χ1n) is 8.99. The summed E-state index contributed by atoms with van der Waals surface area (Å²) in [5.74, 6) is 1.53. The molecule has 25 heavy (non-hydrogen) atoms. The number of morpholine rings is 1. The average Bonchev–Trinajstić information content (AvgIpc) is 3.16. The second-order valence-electron chi connectivity index (χ2n) is 6.39. The molecule has 0 N–H and O–H groups in total. The van der Waals surface area contributed by atoms with E-state index in [0.717, 1.165) is 18.4 Å². The van der Waals surface area contributed by atoms with E-state index in [0.29, 0.717) is 43.8 Å². The number of hydrogen-bond donors (Lipinski definition) is 0. The molecular formula is C19H25N3O3. The van der Waals surface area contributed by atoms with Crippen LogP contribution in [0.1, 0.15) is 45.0 Å². The Morgan fingerprint density at radius 2 is 2.04 bits per heavy atom. The average molecular weight is 343 g/mol. The van der Waals surface area contributed by atoms with Gasteiger partial charge in [-0.05, 0) is 5.92 Å². The van der Waals surface area contributed by atoms with Gasteiger partial charge in [0.15, 0.2) is 0 Å². The first kappa shape index (κ1) is 17.6. The van der Waals surface area contributed by atoms with Crippen LogP contribution in [0, 0.1) is 5.92 Å². The Morgan fingerprint density at radius 3 is 2.76 bits per heavy atom. The molecule has 6 nitrogen and oxygen atoms in total. The lowest BCUT2D eigenvalue weighted by Crippen LogP contribution is -2.44. The molecule has 1 atom stereocenters. The van der Waals surface area contributed by atoms with E-state index in [1.165, 1.54) is 0 Å². The predicted octanol–water partition coefficient (Wildman–Crippen LogP) is 3.46. The topological polar surface area (TPSA) is 68.5 Å². The van der Waals surface area contributed by atoms with Gasteiger partial charge in [-0.3, -0.25) is 4.79 Å². The van der Waals surface area contributed by atoms with Crippen molar-refractivity contribution in [3.8, 4) is 11.4 Å². The molecule has 1 aliphatic heterocycles. The molecule has 3 rings (SSSR count). The van der Waals surface area contributed by atoms with Crippen LogP contribution in [-0.2, 0) is 9.53 Å². The van der Waals surface area contributed by atoms with Gasteiger partial charge in [0.25, 0.3) is 5.89 Å². The first-order chi connectivity index (χ1) is 12.2. The molecule has 1 amide bonds. The Balaban J connectivity index is 1.77. The molecule has 1 aromatic carbocycles. The Hall–Kier alpha value is -2.21. The third-order valence-corrected chi connectivity index (χ3v) is 4.83. The standard InChI is InChI=1S/C19H25N3O3/c1-3-14(4-2)12-17(23)22-10-11-24-13-16(22)19-20-18(21-25-19)15-8-6-5-7-9-15/h5-9,14,16H,3-4,10-13H2,1-2H3. The molecule has 2 heterocycles. The van der Waals surface area contributed by atoms with Crippen molar-refractivity contribution in [2.24, 2.45) is 5.92 Å². The largest absolute Gasteiger partial charge is 0.377 e. The van der Waals surface area contributed by atoms with Gasteiger partial charge in [-0.25, -0.2) is 0 Å². The lowest BCUT2D eigenvalue weighted by molar-refractivity contribution is -0.142. The van der Waals surface area contributed by atoms with Gasteiger partial charge >= 0.3 is 0 Å². The van der Waals surface area contributed by atoms with Crippen molar-refractivity contribution in [3.63, 3.8) is 0 Å². The maximum absolute atomic E-state index is 12.8. The maximum Gasteiger partial charge on any atom is 0.252 e. The summed E-state index contributed by atoms with van der Waals surface area (Å²) in [6.45, 7) is 5.76. The van der Waals surface area contributed by atoms with Gasteiger partial charge in [0, 0.05) is 18.5 Å². The number of aromatic nitrogens is 2. The minimum Gasteiger partial charge on any atom is -0.377 e. The molecule has 0 spiro atoms. The van der Waals surface area contributed by atoms with Crippen molar-refractivity contribution in [3.05, 3.63) is 36.2 Å². The molecular weight excluding hydrogens is 318 g/mol. The highest BCUT2D eigenvalue weighted by atomic mass is 16.5. The van der Waals surface area contributed by atoms with E-state index in [4.69, 9.17) is 9.26 Å². The fraction of sp³-hybridized carbons (Fsp3) is 0.526. The van der Waals surface area contributed by atoms with E-state index in [-0.39, 0.29) is 11.9 Å². The van der Waals surface area contributed by atoms with Crippen LogP contribution in [0.3, 0.4) is 0 Å². The number of carbonyl (C=O) groups is 1. The van der Waals surface area contributed by atoms with E-state index >= 15 is 0 Å². The highest BCUT2D eigenvalue weighted by Gasteiger charge is 2.33. The van der Waals surface area contributed by atoms with Crippen molar-refractivity contribution in [1.29, 1.82) is 0 Å². The highest BCUT2D eigenvalue weighted by Crippen LogP contribution is 2.27. The number of nitrogens with zero attached hydrogens (tertiary/aromatic N) is 3. The van der Waals surface area contributed by atoms with Crippen LogP contribution in [0.2, 0.25) is 0 Å². The van der Waals surface area contributed by atoms with E-state index in [9.17, 15) is 4.79 Å². The molecule has 0 saturated carbocycles. The van der Waals surface area contributed by atoms with E-state index in [1.807, 2.05) is 35.2 Å². The molecule has 1 aliphatic rings. The summed E-state index contributed by atoms with van der Waals surface area (Å²) in [5.41, 5.74) is 0.893. The second-order valence-corrected chi connectivity index (χ2v) is 6.39. The van der Waals surface area contributed by atoms with Gasteiger partial charge in [0.2, 0.25) is 11.7 Å². The quantitative estimate of drug-likeness (QED) is 0.803. The van der Waals surface area contributed by atoms with Crippen molar-refractivity contribution >= 4 is 5.91 Å². The zero-order chi connectivity index (χ0) is 17.6. The Kier molecular flexibility index (Phi) is 5.81. The van der Waals surface area contributed by atoms with Crippen LogP contribution < -0.4 is 0 Å². The van der Waals surface area contributed by atoms with E-state index in [1.54, 1.807) is 0 Å². The molecule has 0 aliphatic carbocycles. The lowest BCUT2D eigenvalue weighted by atomic mass is 9.98. The first-order valence-corrected chi connectivity index (χ1v) is 8.99. The third kappa shape index (κ3) is 4.07. The molecule has 0 radical (unpaired) electrons. The molecule has 1 fully saturated rings. The van der Waals surface area contributed by atoms with Crippen molar-refractivity contribution in [2.75, 3.05) is 19.8 Å². The van der Waals surface area contributed by atoms with E-state index in [2.05, 4.69) is 24.0 Å². The number of ether oxygens (including phenoxy) is 1. The van der Waals surface area contributed by atoms with Crippen molar-refractivity contribution in [1.82, 2.24) is 15.0 Å². The Morgan fingerprint density at radius 1 is 1.28 bits per heavy atom. The highest BCUT2D eigenvalue weighted by molar-refractivity contribution is 5.77. The summed E-state index contributed by atoms with van der Waals surface area (Å²) < 4.78 is 11.0. The van der Waals surface area contributed by atoms with Crippen molar-refractivity contribution < 1.29 is 14.1 Å². The normalized spacial score (nSPS) is 17.9. The Labute approximate surface area is 148 Å². The molecule has 134 valence electrons. The SMILES string of the molecule is CCC(CC)CC(=O)N1CCOCC1c1nc(-c2ccccc2)no1. The zero-order valence-electron chi connectivity index (χ0n) is 14.9. The van der Waals surface area contributed by atoms with Crippen molar-refractivity contribution in [2.45, 2.75) is 39.2 Å². The number of benzene rings is 1. The van der Waals surface area contributed by atoms with Gasteiger partial charge in [-0.15, -0.1) is 0 Å². The monoisotopic (exact) mass is 343 g/mol. The van der Waals surface area contributed by atoms with Gasteiger partial charge in [-0.1, -0.05) is 62.2 Å². The van der Waals surface area contributed by atoms with Crippen LogP contribution >= 0.6 is 0 Å². The molecule has 2 aromatic rings. The summed E-state index contributed by atoms with van der Waals surface area (Å²) in [6, 6.07) is 9.36. The summed E-state index contributed by atoms with van der Waals surface area (Å²) in [6.07, 6.45) is 2.58. The van der Waals surface area contributed by atoms with Gasteiger partial charge in [0.1, 0.15) is 6.04 Å². The van der Waals surface area contributed by atoms with Crippen LogP contribution in [0.15, 0.2) is 34.9 Å². The van der Waals surface area contributed by atoms with Crippen LogP contribution in [0.5, 0.6) is 0 Å². The predicted molar refractivity (Wildman–Crippen MR) is 93.7 cm³/mol. The summed E-state index contributed by atoms with van der Waals surface area (Å²) >= 11 is 0. The summed E-state index contributed by atoms with van der Waals surface area (Å²) in [5, 5.41) is 4.07. The second kappa shape index (κ2) is 8.25. The lowest BCUT2D eigenvalue weighted by Gasteiger charge is -2.34. The smallest absolute Gasteiger partial charge is 0.252 e. The minimum absolute atomic E-state index is 0.140. The minimum atomic E-state index is -0.305. The molecule has 0 bridgehead atoms. The molecule has 1 saturated heterocycles. The Bertz CT molecular complexity index is 682. The van der Waals surface area contributed by atoms with Crippen LogP contribution in [0.25, 0.3) is 11.4 Å². The number of rotatable bonds is 6. The van der Waals surface area contributed by atoms with E-state index < -0.39 is 0 Å². The van der Waals surface area contributed by atoms with Gasteiger partial charge in [0.05, 0.1) is 13.2 Å². The summed E-state index contributed by atoms with van der Waals surface area (Å²) in [7, 11) is 0. The number of carbonyl (C=O) groups excluding carboxylic acids is 1. The van der Waals surface area contributed by atoms with Crippen LogP contribution in [0.4, 0.5) is 0 Å². The maximum atomic E-state index is 12.8. The number of amides is 1. The van der Waals surface area contributed by atoms with Gasteiger partial charge < -0.3 is 14.2 Å². The number of hydrogen-bond acceptors (Lipinski definition) is 5. The fourth-order valence-electron chi connectivity index (χ4n) is 3.12.